The van der Waals surface area contributed by atoms with Gasteiger partial charge in [0.1, 0.15) is 0 Å². The van der Waals surface area contributed by atoms with Crippen molar-refractivity contribution in [3.63, 3.8) is 0 Å². The summed E-state index contributed by atoms with van der Waals surface area (Å²) in [4.78, 5) is 37.5. The third-order valence-corrected chi connectivity index (χ3v) is 5.63. The summed E-state index contributed by atoms with van der Waals surface area (Å²) in [6.45, 7) is -0.937. The van der Waals surface area contributed by atoms with Crippen LogP contribution < -0.4 is 11.2 Å². The second kappa shape index (κ2) is 9.08. The van der Waals surface area contributed by atoms with E-state index >= 15 is 0 Å². The van der Waals surface area contributed by atoms with Crippen molar-refractivity contribution < 1.29 is 36.3 Å². The van der Waals surface area contributed by atoms with Crippen molar-refractivity contribution in [3.8, 4) is 0 Å². The van der Waals surface area contributed by atoms with Crippen molar-refractivity contribution in [3.05, 3.63) is 45.0 Å². The van der Waals surface area contributed by atoms with Gasteiger partial charge in [-0.1, -0.05) is 0 Å². The van der Waals surface area contributed by atoms with Gasteiger partial charge in [-0.05, 0) is 12.5 Å². The molecule has 162 valence electrons. The number of aromatic amines is 1. The number of H-pyrrole nitrogens is 1. The predicted octanol–water partition coefficient (Wildman–Crippen LogP) is 1.21. The topological polar surface area (TPSA) is 120 Å². The zero-order valence-corrected chi connectivity index (χ0v) is 16.3. The lowest BCUT2D eigenvalue weighted by atomic mass is 10.2. The summed E-state index contributed by atoms with van der Waals surface area (Å²) in [6, 6.07) is 0.987. The molecule has 0 bridgehead atoms. The highest BCUT2D eigenvalue weighted by Crippen LogP contribution is 2.48. The predicted molar refractivity (Wildman–Crippen MR) is 93.2 cm³/mol. The normalized spacial score (nSPS) is 21.3. The molecule has 0 spiro atoms. The number of aromatic nitrogens is 2. The fraction of sp³-hybridized carbons (Fsp3) is 0.533. The quantitative estimate of drug-likeness (QED) is 0.682. The molecule has 1 amide bonds. The van der Waals surface area contributed by atoms with Gasteiger partial charge < -0.3 is 18.7 Å². The Morgan fingerprint density at radius 1 is 1.34 bits per heavy atom. The molecule has 14 heteroatoms. The van der Waals surface area contributed by atoms with Crippen molar-refractivity contribution in [2.75, 3.05) is 27.3 Å². The van der Waals surface area contributed by atoms with Crippen molar-refractivity contribution in [1.29, 1.82) is 0 Å². The molecule has 1 aromatic rings. The molecule has 2 atom stereocenters. The SMILES string of the molecule is COP(=O)(/C=C/C1CCN(C(=O)C(F)(F)F)CC(n2ccc(=O)[nH]c2=O)O1)OC. The number of ether oxygens (including phenoxy) is 1. The molecule has 1 aliphatic heterocycles. The van der Waals surface area contributed by atoms with E-state index in [1.165, 1.54) is 6.08 Å². The highest BCUT2D eigenvalue weighted by Gasteiger charge is 2.44. The Morgan fingerprint density at radius 3 is 2.55 bits per heavy atom. The third-order valence-electron chi connectivity index (χ3n) is 4.08. The number of rotatable bonds is 5. The minimum Gasteiger partial charge on any atom is -0.349 e. The number of halogens is 3. The minimum absolute atomic E-state index is 0.0830. The van der Waals surface area contributed by atoms with Gasteiger partial charge in [0, 0.05) is 38.8 Å². The lowest BCUT2D eigenvalue weighted by Gasteiger charge is -2.25. The first-order valence-corrected chi connectivity index (χ1v) is 9.84. The van der Waals surface area contributed by atoms with E-state index in [1.54, 1.807) is 0 Å². The maximum Gasteiger partial charge on any atom is 0.471 e. The number of nitrogens with one attached hydrogen (secondary N) is 1. The maximum atomic E-state index is 12.9. The van der Waals surface area contributed by atoms with E-state index in [0.717, 1.165) is 36.9 Å². The van der Waals surface area contributed by atoms with Gasteiger partial charge in [-0.3, -0.25) is 23.7 Å². The summed E-state index contributed by atoms with van der Waals surface area (Å²) in [5.74, 6) is -1.02. The van der Waals surface area contributed by atoms with Crippen LogP contribution in [0.3, 0.4) is 0 Å². The summed E-state index contributed by atoms with van der Waals surface area (Å²) in [6.07, 6.45) is -5.16. The summed E-state index contributed by atoms with van der Waals surface area (Å²) in [5.41, 5.74) is -1.63. The Labute approximate surface area is 162 Å². The van der Waals surface area contributed by atoms with Crippen molar-refractivity contribution in [2.24, 2.45) is 0 Å². The first-order valence-electron chi connectivity index (χ1n) is 8.22. The minimum atomic E-state index is -5.11. The van der Waals surface area contributed by atoms with Crippen molar-refractivity contribution in [1.82, 2.24) is 14.5 Å². The second-order valence-corrected chi connectivity index (χ2v) is 8.04. The first kappa shape index (κ1) is 23.1. The zero-order chi connectivity index (χ0) is 21.8. The molecule has 1 aromatic heterocycles. The molecule has 1 N–H and O–H groups in total. The molecule has 1 saturated heterocycles. The second-order valence-electron chi connectivity index (χ2n) is 5.93. The number of hydrogen-bond acceptors (Lipinski definition) is 7. The fourth-order valence-electron chi connectivity index (χ4n) is 2.59. The Balaban J connectivity index is 2.38. The fourth-order valence-corrected chi connectivity index (χ4v) is 3.38. The molecule has 1 aliphatic rings. The monoisotopic (exact) mass is 441 g/mol. The van der Waals surface area contributed by atoms with Gasteiger partial charge >= 0.3 is 25.4 Å². The van der Waals surface area contributed by atoms with E-state index < -0.39 is 49.8 Å². The highest BCUT2D eigenvalue weighted by molar-refractivity contribution is 7.57. The van der Waals surface area contributed by atoms with Gasteiger partial charge in [0.15, 0.2) is 6.23 Å². The average Bonchev–Trinajstić information content (AvgIpc) is 2.87. The van der Waals surface area contributed by atoms with Crippen LogP contribution in [-0.4, -0.2) is 59.9 Å². The van der Waals surface area contributed by atoms with Crippen LogP contribution >= 0.6 is 7.60 Å². The van der Waals surface area contributed by atoms with Gasteiger partial charge in [0.05, 0.1) is 12.6 Å². The van der Waals surface area contributed by atoms with Crippen LogP contribution in [0.1, 0.15) is 12.6 Å². The smallest absolute Gasteiger partial charge is 0.349 e. The lowest BCUT2D eigenvalue weighted by Crippen LogP contribution is -2.45. The standard InChI is InChI=1S/C15H19F3N3O7P/c1-26-29(25,27-2)8-5-10-3-6-20(13(23)15(16,17)18)9-12(28-10)21-7-4-11(22)19-14(21)24/h4-5,7-8,10,12H,3,6,9H2,1-2H3,(H,19,22,24)/b8-5+. The number of amides is 1. The van der Waals surface area contributed by atoms with E-state index in [0.29, 0.717) is 4.90 Å². The van der Waals surface area contributed by atoms with Crippen molar-refractivity contribution in [2.45, 2.75) is 24.9 Å². The van der Waals surface area contributed by atoms with Crippen molar-refractivity contribution >= 4 is 13.5 Å². The largest absolute Gasteiger partial charge is 0.471 e. The summed E-state index contributed by atoms with van der Waals surface area (Å²) in [5, 5.41) is 0. The van der Waals surface area contributed by atoms with Gasteiger partial charge in [-0.15, -0.1) is 0 Å². The van der Waals surface area contributed by atoms with Crippen LogP contribution in [0.2, 0.25) is 0 Å². The summed E-state index contributed by atoms with van der Waals surface area (Å²) >= 11 is 0. The molecule has 1 fully saturated rings. The van der Waals surface area contributed by atoms with Crippen LogP contribution in [0.15, 0.2) is 33.7 Å². The molecule has 2 unspecified atom stereocenters. The van der Waals surface area contributed by atoms with Gasteiger partial charge in [-0.25, -0.2) is 4.79 Å². The Morgan fingerprint density at radius 2 is 2.00 bits per heavy atom. The van der Waals surface area contributed by atoms with Crippen LogP contribution in [0.25, 0.3) is 0 Å². The number of carbonyl (C=O) groups is 1. The van der Waals surface area contributed by atoms with Gasteiger partial charge in [0.25, 0.3) is 5.56 Å². The van der Waals surface area contributed by atoms with Crippen LogP contribution in [0, 0.1) is 0 Å². The maximum absolute atomic E-state index is 12.9. The molecular weight excluding hydrogens is 422 g/mol. The number of nitrogens with zero attached hydrogens (tertiary/aromatic N) is 2. The van der Waals surface area contributed by atoms with E-state index in [4.69, 9.17) is 13.8 Å². The average molecular weight is 441 g/mol. The number of alkyl halides is 3. The molecule has 0 aromatic carbocycles. The van der Waals surface area contributed by atoms with Crippen LogP contribution in [0.5, 0.6) is 0 Å². The van der Waals surface area contributed by atoms with E-state index in [-0.39, 0.29) is 13.0 Å². The molecule has 0 radical (unpaired) electrons. The highest BCUT2D eigenvalue weighted by atomic mass is 31.2. The summed E-state index contributed by atoms with van der Waals surface area (Å²) in [7, 11) is -1.27. The molecular formula is C15H19F3N3O7P. The van der Waals surface area contributed by atoms with Crippen LogP contribution in [0.4, 0.5) is 13.2 Å². The number of hydrogen-bond donors (Lipinski definition) is 1. The molecule has 2 heterocycles. The zero-order valence-electron chi connectivity index (χ0n) is 15.4. The van der Waals surface area contributed by atoms with Crippen LogP contribution in [-0.2, 0) is 23.1 Å². The van der Waals surface area contributed by atoms with E-state index in [1.807, 2.05) is 4.98 Å². The molecule has 2 rings (SSSR count). The molecule has 0 saturated carbocycles. The number of carbonyl (C=O) groups excluding carboxylic acids is 1. The molecule has 29 heavy (non-hydrogen) atoms. The molecule has 10 nitrogen and oxygen atoms in total. The Hall–Kier alpha value is -2.21. The summed E-state index contributed by atoms with van der Waals surface area (Å²) < 4.78 is 66.8. The van der Waals surface area contributed by atoms with E-state index in [2.05, 4.69) is 0 Å². The van der Waals surface area contributed by atoms with Gasteiger partial charge in [0.2, 0.25) is 0 Å². The first-order chi connectivity index (χ1) is 13.5. The Kier molecular flexibility index (Phi) is 7.22. The van der Waals surface area contributed by atoms with Gasteiger partial charge in [-0.2, -0.15) is 13.2 Å². The Bertz CT molecular complexity index is 919. The lowest BCUT2D eigenvalue weighted by molar-refractivity contribution is -0.186. The third kappa shape index (κ3) is 5.89. The van der Waals surface area contributed by atoms with E-state index in [9.17, 15) is 32.1 Å². The molecule has 0 aliphatic carbocycles.